The highest BCUT2D eigenvalue weighted by Gasteiger charge is 2.10. The van der Waals surface area contributed by atoms with Crippen molar-refractivity contribution in [2.24, 2.45) is 0 Å². The van der Waals surface area contributed by atoms with Crippen LogP contribution in [0.3, 0.4) is 0 Å². The zero-order valence-electron chi connectivity index (χ0n) is 13.5. The summed E-state index contributed by atoms with van der Waals surface area (Å²) in [5, 5.41) is 2.62. The summed E-state index contributed by atoms with van der Waals surface area (Å²) in [6.45, 7) is 2.71. The highest BCUT2D eigenvalue weighted by atomic mass is 79.9. The molecule has 0 bridgehead atoms. The van der Waals surface area contributed by atoms with Crippen molar-refractivity contribution < 1.29 is 9.59 Å². The number of amides is 2. The van der Waals surface area contributed by atoms with Crippen molar-refractivity contribution in [3.63, 3.8) is 0 Å². The highest BCUT2D eigenvalue weighted by molar-refractivity contribution is 9.10. The number of nitrogens with one attached hydrogen (secondary N) is 2. The number of aryl methyl sites for hydroxylation is 1. The van der Waals surface area contributed by atoms with Gasteiger partial charge in [-0.05, 0) is 31.7 Å². The first-order valence-corrected chi connectivity index (χ1v) is 9.01. The van der Waals surface area contributed by atoms with Gasteiger partial charge in [-0.25, -0.2) is 4.98 Å². The number of carbonyl (C=O) groups is 2. The Kier molecular flexibility index (Phi) is 6.89. The maximum Gasteiger partial charge on any atom is 0.252 e. The minimum absolute atomic E-state index is 0.160. The van der Waals surface area contributed by atoms with Crippen LogP contribution in [0, 0.1) is 6.92 Å². The largest absolute Gasteiger partial charge is 0.293 e. The van der Waals surface area contributed by atoms with Crippen LogP contribution in [0.1, 0.15) is 16.3 Å². The van der Waals surface area contributed by atoms with Crippen molar-refractivity contribution >= 4 is 39.1 Å². The molecule has 0 fully saturated rings. The smallest absolute Gasteiger partial charge is 0.252 e. The first-order valence-electron chi connectivity index (χ1n) is 7.34. The van der Waals surface area contributed by atoms with Crippen molar-refractivity contribution in [1.29, 1.82) is 0 Å². The molecule has 0 aliphatic carbocycles. The van der Waals surface area contributed by atoms with Gasteiger partial charge in [-0.3, -0.25) is 25.3 Å². The lowest BCUT2D eigenvalue weighted by atomic mass is 10.2. The number of aromatic nitrogens is 1. The molecule has 0 aliphatic heterocycles. The minimum Gasteiger partial charge on any atom is -0.293 e. The molecular weight excluding hydrogens is 392 g/mol. The van der Waals surface area contributed by atoms with Gasteiger partial charge in [0.2, 0.25) is 5.91 Å². The third-order valence-corrected chi connectivity index (χ3v) is 4.59. The van der Waals surface area contributed by atoms with Gasteiger partial charge >= 0.3 is 0 Å². The molecule has 0 aliphatic rings. The van der Waals surface area contributed by atoms with Crippen LogP contribution in [0.2, 0.25) is 0 Å². The van der Waals surface area contributed by atoms with Gasteiger partial charge in [0, 0.05) is 22.1 Å². The van der Waals surface area contributed by atoms with Gasteiger partial charge in [0.1, 0.15) is 5.01 Å². The van der Waals surface area contributed by atoms with Crippen molar-refractivity contribution in [2.45, 2.75) is 19.9 Å². The molecule has 0 radical (unpaired) electrons. The van der Waals surface area contributed by atoms with E-state index in [1.54, 1.807) is 0 Å². The third-order valence-electron chi connectivity index (χ3n) is 3.10. The van der Waals surface area contributed by atoms with Crippen LogP contribution < -0.4 is 10.9 Å². The second-order valence-corrected chi connectivity index (χ2v) is 7.31. The minimum atomic E-state index is -0.284. The lowest BCUT2D eigenvalue weighted by Crippen LogP contribution is -2.46. The number of thiazole rings is 1. The van der Waals surface area contributed by atoms with Crippen molar-refractivity contribution in [2.75, 3.05) is 13.6 Å². The number of rotatable bonds is 6. The number of likely N-dealkylation sites (N-methyl/N-ethyl adjacent to an activating group) is 1. The van der Waals surface area contributed by atoms with E-state index < -0.39 is 0 Å². The average molecular weight is 411 g/mol. The molecule has 8 heteroatoms. The average Bonchev–Trinajstić information content (AvgIpc) is 2.92. The van der Waals surface area contributed by atoms with Crippen LogP contribution in [-0.4, -0.2) is 35.3 Å². The molecule has 24 heavy (non-hydrogen) atoms. The van der Waals surface area contributed by atoms with E-state index in [0.29, 0.717) is 6.54 Å². The molecule has 2 aromatic rings. The van der Waals surface area contributed by atoms with E-state index in [-0.39, 0.29) is 24.8 Å². The van der Waals surface area contributed by atoms with Gasteiger partial charge in [-0.15, -0.1) is 11.3 Å². The maximum absolute atomic E-state index is 11.9. The van der Waals surface area contributed by atoms with Crippen LogP contribution in [0.25, 0.3) is 0 Å². The van der Waals surface area contributed by atoms with Crippen LogP contribution >= 0.6 is 27.3 Å². The summed E-state index contributed by atoms with van der Waals surface area (Å²) >= 11 is 4.82. The number of hydrazine groups is 1. The van der Waals surface area contributed by atoms with E-state index in [4.69, 9.17) is 0 Å². The quantitative estimate of drug-likeness (QED) is 0.714. The van der Waals surface area contributed by atoms with E-state index in [2.05, 4.69) is 31.8 Å². The normalized spacial score (nSPS) is 10.7. The third kappa shape index (κ3) is 6.38. The van der Waals surface area contributed by atoms with E-state index >= 15 is 0 Å². The van der Waals surface area contributed by atoms with Crippen molar-refractivity contribution in [1.82, 2.24) is 20.7 Å². The summed E-state index contributed by atoms with van der Waals surface area (Å²) in [7, 11) is 1.85. The first-order chi connectivity index (χ1) is 11.4. The summed E-state index contributed by atoms with van der Waals surface area (Å²) in [6, 6.07) is 7.92. The molecule has 0 unspecified atom stereocenters. The maximum atomic E-state index is 11.9. The lowest BCUT2D eigenvalue weighted by Gasteiger charge is -2.16. The van der Waals surface area contributed by atoms with Crippen LogP contribution in [0.5, 0.6) is 0 Å². The van der Waals surface area contributed by atoms with Gasteiger partial charge < -0.3 is 0 Å². The van der Waals surface area contributed by atoms with Gasteiger partial charge in [0.15, 0.2) is 0 Å². The molecule has 0 spiro atoms. The summed E-state index contributed by atoms with van der Waals surface area (Å²) in [5.74, 6) is -0.549. The molecule has 2 amide bonds. The first kappa shape index (κ1) is 18.6. The SMILES string of the molecule is Cc1csc(CC(=O)NNC(=O)CN(C)Cc2ccc(Br)cc2)n1. The zero-order valence-corrected chi connectivity index (χ0v) is 15.9. The van der Waals surface area contributed by atoms with Crippen molar-refractivity contribution in [3.05, 3.63) is 50.4 Å². The van der Waals surface area contributed by atoms with Crippen LogP contribution in [0.4, 0.5) is 0 Å². The van der Waals surface area contributed by atoms with E-state index in [1.165, 1.54) is 11.3 Å². The highest BCUT2D eigenvalue weighted by Crippen LogP contribution is 2.11. The Bertz CT molecular complexity index is 702. The molecule has 6 nitrogen and oxygen atoms in total. The Morgan fingerprint density at radius 3 is 2.50 bits per heavy atom. The fraction of sp³-hybridized carbons (Fsp3) is 0.312. The Hall–Kier alpha value is -1.77. The number of halogens is 1. The Morgan fingerprint density at radius 1 is 1.21 bits per heavy atom. The predicted molar refractivity (Wildman–Crippen MR) is 97.3 cm³/mol. The Balaban J connectivity index is 1.70. The van der Waals surface area contributed by atoms with Gasteiger partial charge in [-0.2, -0.15) is 0 Å². The standard InChI is InChI=1S/C16H19BrN4O2S/c1-11-10-24-16(18-11)7-14(22)19-20-15(23)9-21(2)8-12-3-5-13(17)6-4-12/h3-6,10H,7-9H2,1-2H3,(H,19,22)(H,20,23). The number of benzene rings is 1. The summed E-state index contributed by atoms with van der Waals surface area (Å²) in [6.07, 6.45) is 0.160. The van der Waals surface area contributed by atoms with Gasteiger partial charge in [0.25, 0.3) is 5.91 Å². The number of hydrogen-bond acceptors (Lipinski definition) is 5. The van der Waals surface area contributed by atoms with E-state index in [9.17, 15) is 9.59 Å². The Morgan fingerprint density at radius 2 is 1.88 bits per heavy atom. The van der Waals surface area contributed by atoms with Crippen LogP contribution in [-0.2, 0) is 22.6 Å². The monoisotopic (exact) mass is 410 g/mol. The molecular formula is C16H19BrN4O2S. The molecule has 0 saturated carbocycles. The predicted octanol–water partition coefficient (Wildman–Crippen LogP) is 2.04. The van der Waals surface area contributed by atoms with Crippen molar-refractivity contribution in [3.8, 4) is 0 Å². The fourth-order valence-electron chi connectivity index (χ4n) is 2.05. The van der Waals surface area contributed by atoms with E-state index in [1.807, 2.05) is 48.5 Å². The number of nitrogens with zero attached hydrogens (tertiary/aromatic N) is 2. The van der Waals surface area contributed by atoms with Crippen LogP contribution in [0.15, 0.2) is 34.1 Å². The Labute approximate surface area is 153 Å². The van der Waals surface area contributed by atoms with E-state index in [0.717, 1.165) is 20.7 Å². The summed E-state index contributed by atoms with van der Waals surface area (Å²) in [4.78, 5) is 29.7. The summed E-state index contributed by atoms with van der Waals surface area (Å²) in [5.41, 5.74) is 6.83. The molecule has 128 valence electrons. The molecule has 1 aromatic carbocycles. The van der Waals surface area contributed by atoms with Gasteiger partial charge in [-0.1, -0.05) is 28.1 Å². The second kappa shape index (κ2) is 8.91. The summed E-state index contributed by atoms with van der Waals surface area (Å²) < 4.78 is 1.02. The number of carbonyl (C=O) groups excluding carboxylic acids is 2. The molecule has 0 atom stereocenters. The molecule has 1 aromatic heterocycles. The van der Waals surface area contributed by atoms with Gasteiger partial charge in [0.05, 0.1) is 13.0 Å². The zero-order chi connectivity index (χ0) is 17.5. The molecule has 2 N–H and O–H groups in total. The molecule has 2 rings (SSSR count). The fourth-order valence-corrected chi connectivity index (χ4v) is 3.08. The lowest BCUT2D eigenvalue weighted by molar-refractivity contribution is -0.129. The second-order valence-electron chi connectivity index (χ2n) is 5.45. The molecule has 0 saturated heterocycles. The topological polar surface area (TPSA) is 74.3 Å². The molecule has 1 heterocycles. The number of hydrogen-bond donors (Lipinski definition) is 2.